The van der Waals surface area contributed by atoms with Crippen LogP contribution < -0.4 is 4.74 Å². The monoisotopic (exact) mass is 512 g/mol. The second-order valence-electron chi connectivity index (χ2n) is 9.09. The fraction of sp³-hybridized carbons (Fsp3) is 0.385. The van der Waals surface area contributed by atoms with Crippen molar-refractivity contribution in [3.8, 4) is 17.1 Å². The maximum atomic E-state index is 10.5. The number of aliphatic hydroxyl groups is 1. The molecule has 2 aromatic heterocycles. The fourth-order valence-electron chi connectivity index (χ4n) is 4.59. The lowest BCUT2D eigenvalue weighted by Crippen LogP contribution is -2.58. The fourth-order valence-corrected chi connectivity index (χ4v) is 5.62. The summed E-state index contributed by atoms with van der Waals surface area (Å²) < 4.78 is 13.0. The van der Waals surface area contributed by atoms with E-state index in [1.807, 2.05) is 55.5 Å². The minimum Gasteiger partial charge on any atom is -0.472 e. The van der Waals surface area contributed by atoms with Gasteiger partial charge in [-0.1, -0.05) is 28.9 Å². The molecule has 2 aromatic carbocycles. The number of nitrogens with zero attached hydrogens (tertiary/aromatic N) is 4. The van der Waals surface area contributed by atoms with E-state index in [1.165, 1.54) is 0 Å². The number of aliphatic hydroxyl groups excluding tert-OH is 1. The minimum absolute atomic E-state index is 0.248. The number of benzene rings is 2. The predicted molar refractivity (Wildman–Crippen MR) is 139 cm³/mol. The Hall–Kier alpha value is -2.49. The smallest absolute Gasteiger partial charge is 0.178 e. The van der Waals surface area contributed by atoms with Crippen molar-refractivity contribution < 1.29 is 14.4 Å². The molecule has 9 heteroatoms. The average Bonchev–Trinajstić information content (AvgIpc) is 3.44. The highest BCUT2D eigenvalue weighted by Crippen LogP contribution is 2.30. The summed E-state index contributed by atoms with van der Waals surface area (Å²) in [5.41, 5.74) is 2.64. The van der Waals surface area contributed by atoms with Crippen LogP contribution in [0.1, 0.15) is 24.5 Å². The number of thiazole rings is 1. The van der Waals surface area contributed by atoms with E-state index in [0.717, 1.165) is 51.9 Å². The number of rotatable bonds is 7. The molecule has 3 atom stereocenters. The van der Waals surface area contributed by atoms with Gasteiger partial charge in [-0.2, -0.15) is 0 Å². The number of ether oxygens (including phenoxy) is 1. The Balaban J connectivity index is 1.23. The number of hydrogen-bond acceptors (Lipinski definition) is 8. The maximum absolute atomic E-state index is 10.5. The molecule has 1 fully saturated rings. The van der Waals surface area contributed by atoms with Crippen LogP contribution in [0.3, 0.4) is 0 Å². The predicted octanol–water partition coefficient (Wildman–Crippen LogP) is 5.21. The van der Waals surface area contributed by atoms with Gasteiger partial charge in [0.15, 0.2) is 12.0 Å². The van der Waals surface area contributed by atoms with Crippen LogP contribution in [0.4, 0.5) is 0 Å². The van der Waals surface area contributed by atoms with Crippen LogP contribution in [-0.2, 0) is 6.54 Å². The van der Waals surface area contributed by atoms with E-state index in [4.69, 9.17) is 20.9 Å². The molecule has 184 valence electrons. The Kier molecular flexibility index (Phi) is 7.09. The Morgan fingerprint density at radius 1 is 1.23 bits per heavy atom. The Morgan fingerprint density at radius 3 is 2.83 bits per heavy atom. The molecule has 1 N–H and O–H groups in total. The van der Waals surface area contributed by atoms with Gasteiger partial charge in [-0.05, 0) is 45.0 Å². The summed E-state index contributed by atoms with van der Waals surface area (Å²) in [5, 5.41) is 16.5. The molecule has 0 aliphatic carbocycles. The summed E-state index contributed by atoms with van der Waals surface area (Å²) in [4.78, 5) is 9.14. The highest BCUT2D eigenvalue weighted by Gasteiger charge is 2.32. The third kappa shape index (κ3) is 5.37. The number of piperazine rings is 1. The Morgan fingerprint density at radius 2 is 2.06 bits per heavy atom. The van der Waals surface area contributed by atoms with Crippen LogP contribution in [0.25, 0.3) is 21.5 Å². The molecule has 0 bridgehead atoms. The number of hydrogen-bond donors (Lipinski definition) is 1. The van der Waals surface area contributed by atoms with E-state index >= 15 is 0 Å². The zero-order valence-electron chi connectivity index (χ0n) is 20.0. The average molecular weight is 513 g/mol. The lowest BCUT2D eigenvalue weighted by atomic mass is 10.1. The summed E-state index contributed by atoms with van der Waals surface area (Å²) in [5.74, 6) is 1.39. The first kappa shape index (κ1) is 24.2. The van der Waals surface area contributed by atoms with Crippen LogP contribution in [0.15, 0.2) is 53.1 Å². The van der Waals surface area contributed by atoms with E-state index in [-0.39, 0.29) is 6.04 Å². The van der Waals surface area contributed by atoms with E-state index in [0.29, 0.717) is 17.3 Å². The quantitative estimate of drug-likeness (QED) is 0.364. The lowest BCUT2D eigenvalue weighted by molar-refractivity contribution is -0.0856. The van der Waals surface area contributed by atoms with Gasteiger partial charge < -0.3 is 14.4 Å². The van der Waals surface area contributed by atoms with Gasteiger partial charge in [-0.15, -0.1) is 11.3 Å². The van der Waals surface area contributed by atoms with Crippen LogP contribution in [0, 0.1) is 6.92 Å². The van der Waals surface area contributed by atoms with E-state index in [1.54, 1.807) is 18.3 Å². The Bertz CT molecular complexity index is 1310. The number of aryl methyl sites for hydroxylation is 1. The van der Waals surface area contributed by atoms with Crippen molar-refractivity contribution in [3.63, 3.8) is 0 Å². The molecular weight excluding hydrogens is 484 g/mol. The highest BCUT2D eigenvalue weighted by atomic mass is 35.5. The van der Waals surface area contributed by atoms with Crippen LogP contribution >= 0.6 is 22.9 Å². The normalized spacial score (nSPS) is 19.2. The topological polar surface area (TPSA) is 74.9 Å². The number of halogens is 1. The Labute approximate surface area is 213 Å². The molecular formula is C26H29ClN4O3S. The van der Waals surface area contributed by atoms with Gasteiger partial charge in [-0.25, -0.2) is 4.98 Å². The van der Waals surface area contributed by atoms with Gasteiger partial charge >= 0.3 is 0 Å². The van der Waals surface area contributed by atoms with E-state index < -0.39 is 12.3 Å². The summed E-state index contributed by atoms with van der Waals surface area (Å²) in [7, 11) is 0. The van der Waals surface area contributed by atoms with Gasteiger partial charge in [0.2, 0.25) is 0 Å². The first-order valence-corrected chi connectivity index (χ1v) is 13.0. The van der Waals surface area contributed by atoms with Crippen molar-refractivity contribution in [2.75, 3.05) is 19.6 Å². The minimum atomic E-state index is -0.643. The second-order valence-corrected chi connectivity index (χ2v) is 10.7. The standard InChI is InChI=1S/C26H29ClN4O3S/c1-16-14-31(26(17(2)32)33-20-8-9-25-23(13-20)28-18(3)35-25)11-10-30(16)15-19-12-24(34-29-19)21-6-4-5-7-22(21)27/h4-9,12-13,16-17,26,32H,10-11,14-15H2,1-3H3/t16-,17+,26?/m0/s1. The van der Waals surface area contributed by atoms with Gasteiger partial charge in [0.25, 0.3) is 0 Å². The SMILES string of the molecule is Cc1nc2cc(OC([C@@H](C)O)N3CCN(Cc4cc(-c5ccccc5Cl)on4)[C@@H](C)C3)ccc2s1. The molecule has 3 heterocycles. The summed E-state index contributed by atoms with van der Waals surface area (Å²) in [6, 6.07) is 15.7. The van der Waals surface area contributed by atoms with Crippen molar-refractivity contribution in [3.05, 3.63) is 64.3 Å². The zero-order chi connectivity index (χ0) is 24.5. The number of aromatic nitrogens is 2. The van der Waals surface area contributed by atoms with E-state index in [9.17, 15) is 5.11 Å². The zero-order valence-corrected chi connectivity index (χ0v) is 21.6. The molecule has 1 saturated heterocycles. The highest BCUT2D eigenvalue weighted by molar-refractivity contribution is 7.18. The second kappa shape index (κ2) is 10.2. The summed E-state index contributed by atoms with van der Waals surface area (Å²) in [6.45, 7) is 9.01. The molecule has 1 aliphatic rings. The van der Waals surface area contributed by atoms with Crippen molar-refractivity contribution in [2.45, 2.75) is 45.7 Å². The van der Waals surface area contributed by atoms with Gasteiger partial charge in [0.1, 0.15) is 11.9 Å². The van der Waals surface area contributed by atoms with Gasteiger partial charge in [0, 0.05) is 49.9 Å². The molecule has 0 radical (unpaired) electrons. The molecule has 0 amide bonds. The van der Waals surface area contributed by atoms with Gasteiger partial charge in [0.05, 0.1) is 25.9 Å². The van der Waals surface area contributed by atoms with E-state index in [2.05, 4.69) is 26.9 Å². The third-order valence-corrected chi connectivity index (χ3v) is 7.64. The maximum Gasteiger partial charge on any atom is 0.178 e. The first-order valence-electron chi connectivity index (χ1n) is 11.8. The van der Waals surface area contributed by atoms with Crippen molar-refractivity contribution in [1.29, 1.82) is 0 Å². The van der Waals surface area contributed by atoms with Crippen LogP contribution in [0.2, 0.25) is 5.02 Å². The van der Waals surface area contributed by atoms with Crippen LogP contribution in [0.5, 0.6) is 5.75 Å². The van der Waals surface area contributed by atoms with Crippen molar-refractivity contribution in [1.82, 2.24) is 19.9 Å². The van der Waals surface area contributed by atoms with Crippen molar-refractivity contribution in [2.24, 2.45) is 0 Å². The molecule has 0 spiro atoms. The molecule has 35 heavy (non-hydrogen) atoms. The van der Waals surface area contributed by atoms with Crippen molar-refractivity contribution >= 4 is 33.2 Å². The molecule has 7 nitrogen and oxygen atoms in total. The third-order valence-electron chi connectivity index (χ3n) is 6.36. The lowest BCUT2D eigenvalue weighted by Gasteiger charge is -2.43. The summed E-state index contributed by atoms with van der Waals surface area (Å²) in [6.07, 6.45) is -1.08. The summed E-state index contributed by atoms with van der Waals surface area (Å²) >= 11 is 7.97. The molecule has 1 aliphatic heterocycles. The number of fused-ring (bicyclic) bond motifs is 1. The molecule has 4 aromatic rings. The van der Waals surface area contributed by atoms with Crippen LogP contribution in [-0.4, -0.2) is 63.1 Å². The first-order chi connectivity index (χ1) is 16.9. The largest absolute Gasteiger partial charge is 0.472 e. The van der Waals surface area contributed by atoms with Gasteiger partial charge in [-0.3, -0.25) is 9.80 Å². The molecule has 0 saturated carbocycles. The molecule has 5 rings (SSSR count). The molecule has 1 unspecified atom stereocenters.